The van der Waals surface area contributed by atoms with Crippen molar-refractivity contribution in [2.75, 3.05) is 10.6 Å². The third kappa shape index (κ3) is 4.44. The molecule has 0 aliphatic rings. The van der Waals surface area contributed by atoms with Crippen molar-refractivity contribution in [1.82, 2.24) is 4.98 Å². The van der Waals surface area contributed by atoms with E-state index < -0.39 is 28.9 Å². The van der Waals surface area contributed by atoms with E-state index in [2.05, 4.69) is 15.6 Å². The van der Waals surface area contributed by atoms with Gasteiger partial charge in [-0.25, -0.2) is 18.2 Å². The van der Waals surface area contributed by atoms with Crippen molar-refractivity contribution in [3.05, 3.63) is 88.9 Å². The van der Waals surface area contributed by atoms with E-state index >= 15 is 0 Å². The first-order chi connectivity index (χ1) is 12.9. The summed E-state index contributed by atoms with van der Waals surface area (Å²) in [5.41, 5.74) is 1.98. The maximum Gasteiger partial charge on any atom is 0.258 e. The Labute approximate surface area is 154 Å². The van der Waals surface area contributed by atoms with E-state index in [1.165, 1.54) is 11.8 Å². The zero-order valence-electron chi connectivity index (χ0n) is 14.4. The summed E-state index contributed by atoms with van der Waals surface area (Å²) in [6.45, 7) is 2.59. The fourth-order valence-corrected chi connectivity index (χ4v) is 2.37. The first-order valence-corrected chi connectivity index (χ1v) is 8.14. The highest BCUT2D eigenvalue weighted by molar-refractivity contribution is 6.04. The van der Waals surface area contributed by atoms with Crippen LogP contribution in [0.4, 0.5) is 24.7 Å². The minimum absolute atomic E-state index is 0.296. The lowest BCUT2D eigenvalue weighted by Crippen LogP contribution is -2.15. The first-order valence-electron chi connectivity index (χ1n) is 8.14. The van der Waals surface area contributed by atoms with Crippen molar-refractivity contribution in [1.29, 1.82) is 0 Å². The Balaban J connectivity index is 1.62. The number of nitrogens with one attached hydrogen (secondary N) is 2. The van der Waals surface area contributed by atoms with Crippen LogP contribution in [0.3, 0.4) is 0 Å². The van der Waals surface area contributed by atoms with Crippen LogP contribution in [-0.4, -0.2) is 10.9 Å². The van der Waals surface area contributed by atoms with Crippen LogP contribution in [-0.2, 0) is 6.54 Å². The monoisotopic (exact) mass is 371 g/mol. The Morgan fingerprint density at radius 3 is 2.37 bits per heavy atom. The van der Waals surface area contributed by atoms with E-state index in [0.29, 0.717) is 24.1 Å². The summed E-state index contributed by atoms with van der Waals surface area (Å²) in [7, 11) is 0. The lowest BCUT2D eigenvalue weighted by molar-refractivity contribution is 0.102. The van der Waals surface area contributed by atoms with Gasteiger partial charge in [-0.2, -0.15) is 0 Å². The number of carbonyl (C=O) groups excluding carboxylic acids is 1. The number of halogens is 3. The Kier molecular flexibility index (Phi) is 5.40. The molecule has 2 N–H and O–H groups in total. The van der Waals surface area contributed by atoms with Crippen LogP contribution in [0.25, 0.3) is 0 Å². The molecule has 0 saturated carbocycles. The molecule has 1 heterocycles. The lowest BCUT2D eigenvalue weighted by Gasteiger charge is -2.09. The molecule has 1 aromatic heterocycles. The molecular formula is C20H16F3N3O. The van der Waals surface area contributed by atoms with Crippen LogP contribution < -0.4 is 10.6 Å². The molecule has 0 aliphatic carbocycles. The first kappa shape index (κ1) is 18.4. The number of aromatic nitrogens is 1. The zero-order chi connectivity index (χ0) is 19.4. The molecule has 138 valence electrons. The summed E-state index contributed by atoms with van der Waals surface area (Å²) in [4.78, 5) is 16.2. The van der Waals surface area contributed by atoms with Crippen LogP contribution in [0.5, 0.6) is 0 Å². The number of hydrogen-bond acceptors (Lipinski definition) is 3. The Morgan fingerprint density at radius 1 is 0.963 bits per heavy atom. The van der Waals surface area contributed by atoms with Crippen molar-refractivity contribution < 1.29 is 18.0 Å². The molecule has 0 aliphatic heterocycles. The molecule has 0 spiro atoms. The van der Waals surface area contributed by atoms with Gasteiger partial charge < -0.3 is 10.6 Å². The molecule has 0 atom stereocenters. The molecule has 4 nitrogen and oxygen atoms in total. The minimum Gasteiger partial charge on any atom is -0.366 e. The van der Waals surface area contributed by atoms with E-state index in [9.17, 15) is 18.0 Å². The van der Waals surface area contributed by atoms with Crippen LogP contribution in [0.2, 0.25) is 0 Å². The van der Waals surface area contributed by atoms with Gasteiger partial charge in [-0.3, -0.25) is 4.79 Å². The maximum atomic E-state index is 13.7. The summed E-state index contributed by atoms with van der Waals surface area (Å²) >= 11 is 0. The van der Waals surface area contributed by atoms with Crippen LogP contribution in [0.1, 0.15) is 21.5 Å². The van der Waals surface area contributed by atoms with Crippen LogP contribution in [0.15, 0.2) is 54.7 Å². The Hall–Kier alpha value is -3.35. The molecule has 27 heavy (non-hydrogen) atoms. The second kappa shape index (κ2) is 7.90. The minimum atomic E-state index is -1.68. The molecule has 0 saturated heterocycles. The quantitative estimate of drug-likeness (QED) is 0.641. The van der Waals surface area contributed by atoms with Gasteiger partial charge in [0.15, 0.2) is 17.5 Å². The fourth-order valence-electron chi connectivity index (χ4n) is 2.37. The van der Waals surface area contributed by atoms with Crippen molar-refractivity contribution >= 4 is 17.4 Å². The molecule has 2 aromatic carbocycles. The average molecular weight is 371 g/mol. The predicted molar refractivity (Wildman–Crippen MR) is 97.0 cm³/mol. The van der Waals surface area contributed by atoms with Gasteiger partial charge >= 0.3 is 0 Å². The largest absolute Gasteiger partial charge is 0.366 e. The molecule has 0 bridgehead atoms. The van der Waals surface area contributed by atoms with E-state index in [4.69, 9.17) is 0 Å². The van der Waals surface area contributed by atoms with Crippen molar-refractivity contribution in [2.45, 2.75) is 13.5 Å². The van der Waals surface area contributed by atoms with Crippen molar-refractivity contribution in [3.8, 4) is 0 Å². The van der Waals surface area contributed by atoms with Gasteiger partial charge in [0.2, 0.25) is 0 Å². The number of amides is 1. The van der Waals surface area contributed by atoms with E-state index in [-0.39, 0.29) is 0 Å². The highest BCUT2D eigenvalue weighted by atomic mass is 19.2. The fraction of sp³-hybridized carbons (Fsp3) is 0.100. The molecule has 0 fully saturated rings. The number of pyridine rings is 1. The summed E-state index contributed by atoms with van der Waals surface area (Å²) in [5.74, 6) is -4.87. The SMILES string of the molecule is Cc1ccc(CNc2ccc(NC(=O)c3ccc(F)c(F)c3F)cn2)cc1. The van der Waals surface area contributed by atoms with E-state index in [0.717, 1.165) is 11.6 Å². The zero-order valence-corrected chi connectivity index (χ0v) is 14.4. The number of nitrogens with zero attached hydrogens (tertiary/aromatic N) is 1. The molecule has 3 rings (SSSR count). The highest BCUT2D eigenvalue weighted by Crippen LogP contribution is 2.17. The third-order valence-electron chi connectivity index (χ3n) is 3.90. The summed E-state index contributed by atoms with van der Waals surface area (Å²) in [6.07, 6.45) is 1.38. The molecule has 1 amide bonds. The summed E-state index contributed by atoms with van der Waals surface area (Å²) in [6, 6.07) is 12.8. The van der Waals surface area contributed by atoms with E-state index in [1.54, 1.807) is 12.1 Å². The van der Waals surface area contributed by atoms with Crippen LogP contribution >= 0.6 is 0 Å². The number of hydrogen-bond donors (Lipinski definition) is 2. The average Bonchev–Trinajstić information content (AvgIpc) is 2.67. The predicted octanol–water partition coefficient (Wildman–Crippen LogP) is 4.67. The number of carbonyl (C=O) groups is 1. The normalized spacial score (nSPS) is 10.5. The van der Waals surface area contributed by atoms with Gasteiger partial charge in [0, 0.05) is 6.54 Å². The number of benzene rings is 2. The standard InChI is InChI=1S/C20H16F3N3O/c1-12-2-4-13(5-3-12)10-24-17-9-6-14(11-25-17)26-20(27)15-7-8-16(21)19(23)18(15)22/h2-9,11H,10H2,1H3,(H,24,25)(H,26,27). The molecule has 7 heteroatoms. The van der Waals surface area contributed by atoms with Gasteiger partial charge in [0.05, 0.1) is 17.4 Å². The van der Waals surface area contributed by atoms with Crippen LogP contribution in [0, 0.1) is 24.4 Å². The van der Waals surface area contributed by atoms with E-state index in [1.807, 2.05) is 31.2 Å². The smallest absolute Gasteiger partial charge is 0.258 e. The summed E-state index contributed by atoms with van der Waals surface area (Å²) in [5, 5.41) is 5.53. The van der Waals surface area contributed by atoms with Gasteiger partial charge in [-0.1, -0.05) is 29.8 Å². The number of aryl methyl sites for hydroxylation is 1. The molecular weight excluding hydrogens is 355 g/mol. The van der Waals surface area contributed by atoms with Crippen molar-refractivity contribution in [3.63, 3.8) is 0 Å². The second-order valence-electron chi connectivity index (χ2n) is 5.95. The van der Waals surface area contributed by atoms with Gasteiger partial charge in [0.25, 0.3) is 5.91 Å². The second-order valence-corrected chi connectivity index (χ2v) is 5.95. The number of anilines is 2. The number of rotatable bonds is 5. The Morgan fingerprint density at radius 2 is 1.70 bits per heavy atom. The molecule has 3 aromatic rings. The summed E-state index contributed by atoms with van der Waals surface area (Å²) < 4.78 is 39.8. The maximum absolute atomic E-state index is 13.7. The third-order valence-corrected chi connectivity index (χ3v) is 3.90. The highest BCUT2D eigenvalue weighted by Gasteiger charge is 2.18. The van der Waals surface area contributed by atoms with Gasteiger partial charge in [0.1, 0.15) is 5.82 Å². The lowest BCUT2D eigenvalue weighted by atomic mass is 10.1. The Bertz CT molecular complexity index is 957. The van der Waals surface area contributed by atoms with Gasteiger partial charge in [-0.05, 0) is 36.8 Å². The van der Waals surface area contributed by atoms with Gasteiger partial charge in [-0.15, -0.1) is 0 Å². The topological polar surface area (TPSA) is 54.0 Å². The molecule has 0 unspecified atom stereocenters. The molecule has 0 radical (unpaired) electrons. The van der Waals surface area contributed by atoms with Crippen molar-refractivity contribution in [2.24, 2.45) is 0 Å².